The Morgan fingerprint density at radius 3 is 3.00 bits per heavy atom. The van der Waals surface area contributed by atoms with E-state index in [1.807, 2.05) is 18.2 Å². The third-order valence-electron chi connectivity index (χ3n) is 2.33. The standard InChI is InChI=1S/C11H8N4OS2/c12-10(16)7-8(9-11(15-7)14-5-17-9)18-6-3-1-2-4-13-6/h1-5,15H,(H2,12,16). The number of carbonyl (C=O) groups excluding carboxylic acids is 1. The van der Waals surface area contributed by atoms with E-state index in [0.717, 1.165) is 14.6 Å². The summed E-state index contributed by atoms with van der Waals surface area (Å²) in [5.41, 5.74) is 8.17. The van der Waals surface area contributed by atoms with Gasteiger partial charge in [0.25, 0.3) is 5.91 Å². The van der Waals surface area contributed by atoms with Crippen LogP contribution in [0.3, 0.4) is 0 Å². The fraction of sp³-hybridized carbons (Fsp3) is 0. The van der Waals surface area contributed by atoms with E-state index in [2.05, 4.69) is 15.0 Å². The molecule has 0 bridgehead atoms. The molecule has 0 saturated heterocycles. The van der Waals surface area contributed by atoms with Crippen molar-refractivity contribution >= 4 is 39.4 Å². The highest BCUT2D eigenvalue weighted by atomic mass is 32.2. The number of hydrogen-bond acceptors (Lipinski definition) is 5. The molecule has 3 aromatic rings. The fourth-order valence-electron chi connectivity index (χ4n) is 1.57. The number of thiazole rings is 1. The van der Waals surface area contributed by atoms with Gasteiger partial charge in [0.15, 0.2) is 0 Å². The number of carbonyl (C=O) groups is 1. The summed E-state index contributed by atoms with van der Waals surface area (Å²) in [5.74, 6) is -0.487. The number of hydrogen-bond donors (Lipinski definition) is 2. The van der Waals surface area contributed by atoms with Gasteiger partial charge >= 0.3 is 0 Å². The molecule has 0 aromatic carbocycles. The van der Waals surface area contributed by atoms with Crippen molar-refractivity contribution in [3.63, 3.8) is 0 Å². The number of nitrogens with one attached hydrogen (secondary N) is 1. The molecule has 1 amide bonds. The van der Waals surface area contributed by atoms with Gasteiger partial charge in [0.05, 0.1) is 15.1 Å². The molecule has 3 aromatic heterocycles. The van der Waals surface area contributed by atoms with Crippen molar-refractivity contribution in [2.24, 2.45) is 5.73 Å². The fourth-order valence-corrected chi connectivity index (χ4v) is 3.44. The first-order chi connectivity index (χ1) is 8.75. The molecule has 90 valence electrons. The minimum Gasteiger partial charge on any atom is -0.364 e. The minimum absolute atomic E-state index is 0.389. The van der Waals surface area contributed by atoms with Crippen LogP contribution in [0.5, 0.6) is 0 Å². The molecule has 18 heavy (non-hydrogen) atoms. The number of nitrogens with zero attached hydrogens (tertiary/aromatic N) is 2. The van der Waals surface area contributed by atoms with Crippen LogP contribution in [0, 0.1) is 0 Å². The van der Waals surface area contributed by atoms with Crippen LogP contribution in [0.4, 0.5) is 0 Å². The summed E-state index contributed by atoms with van der Waals surface area (Å²) in [4.78, 5) is 23.5. The first kappa shape index (κ1) is 11.2. The number of nitrogens with two attached hydrogens (primary N) is 1. The predicted molar refractivity (Wildman–Crippen MR) is 70.8 cm³/mol. The van der Waals surface area contributed by atoms with Gasteiger partial charge in [-0.05, 0) is 12.1 Å². The van der Waals surface area contributed by atoms with E-state index in [4.69, 9.17) is 5.73 Å². The molecule has 0 radical (unpaired) electrons. The lowest BCUT2D eigenvalue weighted by Crippen LogP contribution is -2.12. The number of aromatic amines is 1. The summed E-state index contributed by atoms with van der Waals surface area (Å²) in [6, 6.07) is 5.63. The molecule has 3 rings (SSSR count). The van der Waals surface area contributed by atoms with Gasteiger partial charge in [-0.1, -0.05) is 17.8 Å². The number of aromatic nitrogens is 3. The second-order valence-corrected chi connectivity index (χ2v) is 5.38. The zero-order valence-corrected chi connectivity index (χ0v) is 10.7. The monoisotopic (exact) mass is 276 g/mol. The number of amides is 1. The van der Waals surface area contributed by atoms with Gasteiger partial charge in [-0.15, -0.1) is 11.3 Å². The second-order valence-electron chi connectivity index (χ2n) is 3.49. The molecule has 0 spiro atoms. The lowest BCUT2D eigenvalue weighted by atomic mass is 10.4. The van der Waals surface area contributed by atoms with Crippen molar-refractivity contribution in [1.82, 2.24) is 15.0 Å². The van der Waals surface area contributed by atoms with Crippen LogP contribution in [-0.4, -0.2) is 20.9 Å². The number of rotatable bonds is 3. The van der Waals surface area contributed by atoms with Gasteiger partial charge in [-0.2, -0.15) is 0 Å². The van der Waals surface area contributed by atoms with Crippen LogP contribution < -0.4 is 5.73 Å². The number of pyridine rings is 1. The predicted octanol–water partition coefficient (Wildman–Crippen LogP) is 2.27. The average molecular weight is 276 g/mol. The summed E-state index contributed by atoms with van der Waals surface area (Å²) >= 11 is 2.88. The second kappa shape index (κ2) is 4.43. The molecule has 0 fully saturated rings. The molecular weight excluding hydrogens is 268 g/mol. The van der Waals surface area contributed by atoms with Gasteiger partial charge < -0.3 is 10.7 Å². The summed E-state index contributed by atoms with van der Waals surface area (Å²) < 4.78 is 0.930. The summed E-state index contributed by atoms with van der Waals surface area (Å²) in [6.07, 6.45) is 1.71. The first-order valence-electron chi connectivity index (χ1n) is 5.09. The van der Waals surface area contributed by atoms with Gasteiger partial charge in [0, 0.05) is 6.20 Å². The Morgan fingerprint density at radius 1 is 1.39 bits per heavy atom. The average Bonchev–Trinajstić information content (AvgIpc) is 2.93. The van der Waals surface area contributed by atoms with Crippen LogP contribution in [-0.2, 0) is 0 Å². The van der Waals surface area contributed by atoms with Crippen molar-refractivity contribution in [2.75, 3.05) is 0 Å². The smallest absolute Gasteiger partial charge is 0.266 e. The maximum atomic E-state index is 11.4. The number of H-pyrrole nitrogens is 1. The van der Waals surface area contributed by atoms with E-state index in [1.54, 1.807) is 11.7 Å². The molecule has 0 atom stereocenters. The lowest BCUT2D eigenvalue weighted by molar-refractivity contribution is 0.0993. The van der Waals surface area contributed by atoms with E-state index in [9.17, 15) is 4.79 Å². The van der Waals surface area contributed by atoms with Gasteiger partial charge in [0.2, 0.25) is 0 Å². The van der Waals surface area contributed by atoms with Crippen molar-refractivity contribution in [2.45, 2.75) is 9.92 Å². The van der Waals surface area contributed by atoms with E-state index >= 15 is 0 Å². The molecule has 0 aliphatic rings. The van der Waals surface area contributed by atoms with E-state index in [0.29, 0.717) is 11.3 Å². The zero-order chi connectivity index (χ0) is 12.5. The van der Waals surface area contributed by atoms with Crippen LogP contribution >= 0.6 is 23.1 Å². The normalized spacial score (nSPS) is 10.9. The van der Waals surface area contributed by atoms with Crippen LogP contribution in [0.1, 0.15) is 10.5 Å². The van der Waals surface area contributed by atoms with Crippen molar-refractivity contribution in [1.29, 1.82) is 0 Å². The maximum Gasteiger partial charge on any atom is 0.266 e. The Bertz CT molecular complexity index is 704. The first-order valence-corrected chi connectivity index (χ1v) is 6.79. The summed E-state index contributed by atoms with van der Waals surface area (Å²) in [7, 11) is 0. The Balaban J connectivity index is 2.11. The Labute approximate surface area is 110 Å². The maximum absolute atomic E-state index is 11.4. The van der Waals surface area contributed by atoms with E-state index < -0.39 is 5.91 Å². The topological polar surface area (TPSA) is 84.7 Å². The molecule has 3 N–H and O–H groups in total. The summed E-state index contributed by atoms with van der Waals surface area (Å²) in [6.45, 7) is 0. The highest BCUT2D eigenvalue weighted by Crippen LogP contribution is 2.37. The highest BCUT2D eigenvalue weighted by molar-refractivity contribution is 7.99. The Kier molecular flexibility index (Phi) is 2.77. The molecule has 0 aliphatic carbocycles. The molecule has 5 nitrogen and oxygen atoms in total. The Hall–Kier alpha value is -1.86. The van der Waals surface area contributed by atoms with Crippen LogP contribution in [0.25, 0.3) is 10.3 Å². The van der Waals surface area contributed by atoms with Gasteiger partial charge in [0.1, 0.15) is 16.4 Å². The lowest BCUT2D eigenvalue weighted by Gasteiger charge is -2.00. The molecule has 7 heteroatoms. The largest absolute Gasteiger partial charge is 0.364 e. The van der Waals surface area contributed by atoms with Gasteiger partial charge in [-0.3, -0.25) is 4.79 Å². The minimum atomic E-state index is -0.487. The molecule has 3 heterocycles. The van der Waals surface area contributed by atoms with Gasteiger partial charge in [-0.25, -0.2) is 9.97 Å². The molecule has 0 aliphatic heterocycles. The number of primary amides is 1. The van der Waals surface area contributed by atoms with Crippen molar-refractivity contribution in [3.05, 3.63) is 35.6 Å². The molecule has 0 unspecified atom stereocenters. The van der Waals surface area contributed by atoms with Crippen LogP contribution in [0.2, 0.25) is 0 Å². The quantitative estimate of drug-likeness (QED) is 0.768. The van der Waals surface area contributed by atoms with E-state index in [-0.39, 0.29) is 0 Å². The third-order valence-corrected chi connectivity index (χ3v) is 4.37. The summed E-state index contributed by atoms with van der Waals surface area (Å²) in [5, 5.41) is 0.814. The van der Waals surface area contributed by atoms with Crippen molar-refractivity contribution in [3.8, 4) is 0 Å². The third kappa shape index (κ3) is 1.87. The van der Waals surface area contributed by atoms with Crippen molar-refractivity contribution < 1.29 is 4.79 Å². The number of fused-ring (bicyclic) bond motifs is 1. The van der Waals surface area contributed by atoms with Crippen LogP contribution in [0.15, 0.2) is 39.8 Å². The molecule has 0 saturated carbocycles. The zero-order valence-electron chi connectivity index (χ0n) is 9.08. The SMILES string of the molecule is NC(=O)c1[nH]c2ncsc2c1Sc1ccccn1. The Morgan fingerprint density at radius 2 is 2.28 bits per heavy atom. The molecular formula is C11H8N4OS2. The van der Waals surface area contributed by atoms with E-state index in [1.165, 1.54) is 23.1 Å². The highest BCUT2D eigenvalue weighted by Gasteiger charge is 2.18.